The first-order valence-electron chi connectivity index (χ1n) is 9.38. The normalized spacial score (nSPS) is 10.7. The topological polar surface area (TPSA) is 86.1 Å². The second-order valence-corrected chi connectivity index (χ2v) is 8.98. The molecule has 10 heteroatoms. The first-order chi connectivity index (χ1) is 15.2. The quantitative estimate of drug-likeness (QED) is 0.289. The number of thiophene rings is 2. The van der Waals surface area contributed by atoms with E-state index in [9.17, 15) is 9.59 Å². The van der Waals surface area contributed by atoms with Crippen LogP contribution in [0.15, 0.2) is 64.7 Å². The van der Waals surface area contributed by atoms with Crippen molar-refractivity contribution in [3.05, 3.63) is 65.1 Å². The molecule has 0 saturated heterocycles. The van der Waals surface area contributed by atoms with Crippen molar-refractivity contribution in [2.75, 3.05) is 17.7 Å². The van der Waals surface area contributed by atoms with Gasteiger partial charge in [-0.2, -0.15) is 0 Å². The fraction of sp³-hybridized carbons (Fsp3) is 0.143. The molecule has 1 N–H and O–H groups in total. The van der Waals surface area contributed by atoms with Crippen molar-refractivity contribution in [1.82, 2.24) is 14.8 Å². The molecule has 0 bridgehead atoms. The third-order valence-electron chi connectivity index (χ3n) is 4.19. The van der Waals surface area contributed by atoms with E-state index in [2.05, 4.69) is 15.5 Å². The molecule has 0 aliphatic heterocycles. The number of ether oxygens (including phenoxy) is 1. The minimum atomic E-state index is -0.445. The zero-order valence-electron chi connectivity index (χ0n) is 16.5. The summed E-state index contributed by atoms with van der Waals surface area (Å²) >= 11 is 4.11. The maximum atomic E-state index is 12.7. The Hall–Kier alpha value is -2.95. The molecule has 3 heterocycles. The van der Waals surface area contributed by atoms with E-state index in [0.717, 1.165) is 16.1 Å². The van der Waals surface area contributed by atoms with Crippen LogP contribution in [0.2, 0.25) is 0 Å². The van der Waals surface area contributed by atoms with Gasteiger partial charge in [0.15, 0.2) is 5.16 Å². The molecule has 1 amide bonds. The number of aromatic nitrogens is 3. The van der Waals surface area contributed by atoms with Crippen LogP contribution < -0.4 is 5.32 Å². The number of para-hydroxylation sites is 1. The second kappa shape index (κ2) is 9.90. The lowest BCUT2D eigenvalue weighted by Crippen LogP contribution is -2.16. The summed E-state index contributed by atoms with van der Waals surface area (Å²) in [4.78, 5) is 26.2. The fourth-order valence-corrected chi connectivity index (χ4v) is 5.37. The Bertz CT molecular complexity index is 1170. The van der Waals surface area contributed by atoms with E-state index in [4.69, 9.17) is 4.74 Å². The minimum absolute atomic E-state index is 0.125. The van der Waals surface area contributed by atoms with Crippen LogP contribution in [0.5, 0.6) is 0 Å². The summed E-state index contributed by atoms with van der Waals surface area (Å²) in [6.45, 7) is 2.02. The number of hydrogen-bond donors (Lipinski definition) is 1. The van der Waals surface area contributed by atoms with Gasteiger partial charge in [-0.3, -0.25) is 9.36 Å². The van der Waals surface area contributed by atoms with E-state index in [1.165, 1.54) is 34.4 Å². The van der Waals surface area contributed by atoms with Crippen LogP contribution in [0.1, 0.15) is 17.3 Å². The maximum absolute atomic E-state index is 12.7. The Labute approximate surface area is 191 Å². The molecule has 0 unspecified atom stereocenters. The second-order valence-electron chi connectivity index (χ2n) is 6.21. The van der Waals surface area contributed by atoms with Crippen molar-refractivity contribution in [3.63, 3.8) is 0 Å². The molecule has 0 aliphatic rings. The minimum Gasteiger partial charge on any atom is -0.462 e. The number of anilines is 1. The van der Waals surface area contributed by atoms with Crippen LogP contribution in [0.25, 0.3) is 16.1 Å². The summed E-state index contributed by atoms with van der Waals surface area (Å²) in [5.74, 6) is -0.559. The molecule has 31 heavy (non-hydrogen) atoms. The highest BCUT2D eigenvalue weighted by molar-refractivity contribution is 7.99. The van der Waals surface area contributed by atoms with Crippen LogP contribution in [0.4, 0.5) is 5.00 Å². The van der Waals surface area contributed by atoms with Gasteiger partial charge in [0.25, 0.3) is 0 Å². The Balaban J connectivity index is 1.49. The molecule has 158 valence electrons. The Morgan fingerprint density at radius 1 is 1.16 bits per heavy atom. The van der Waals surface area contributed by atoms with E-state index in [0.29, 0.717) is 15.7 Å². The van der Waals surface area contributed by atoms with E-state index >= 15 is 0 Å². The summed E-state index contributed by atoms with van der Waals surface area (Å²) in [6.07, 6.45) is 1.61. The summed E-state index contributed by atoms with van der Waals surface area (Å²) < 4.78 is 7.05. The smallest absolute Gasteiger partial charge is 0.341 e. The molecule has 0 spiro atoms. The third-order valence-corrected chi connectivity index (χ3v) is 6.94. The van der Waals surface area contributed by atoms with Gasteiger partial charge >= 0.3 is 5.97 Å². The summed E-state index contributed by atoms with van der Waals surface area (Å²) in [5, 5.41) is 15.8. The Kier molecular flexibility index (Phi) is 6.80. The number of amides is 1. The molecule has 7 nitrogen and oxygen atoms in total. The van der Waals surface area contributed by atoms with E-state index in [1.54, 1.807) is 13.3 Å². The first kappa shape index (κ1) is 21.3. The van der Waals surface area contributed by atoms with Crippen LogP contribution in [-0.4, -0.2) is 39.0 Å². The molecule has 4 aromatic rings. The van der Waals surface area contributed by atoms with Gasteiger partial charge in [-0.05, 0) is 30.5 Å². The summed E-state index contributed by atoms with van der Waals surface area (Å²) in [7, 11) is 0. The number of hydrogen-bond acceptors (Lipinski definition) is 8. The molecule has 1 aromatic carbocycles. The van der Waals surface area contributed by atoms with Crippen molar-refractivity contribution in [2.45, 2.75) is 12.1 Å². The molecule has 0 atom stereocenters. The summed E-state index contributed by atoms with van der Waals surface area (Å²) in [6, 6.07) is 13.5. The highest BCUT2D eigenvalue weighted by Gasteiger charge is 2.23. The predicted octanol–water partition coefficient (Wildman–Crippen LogP) is 4.96. The maximum Gasteiger partial charge on any atom is 0.341 e. The largest absolute Gasteiger partial charge is 0.462 e. The van der Waals surface area contributed by atoms with Crippen molar-refractivity contribution in [3.8, 4) is 16.1 Å². The number of nitrogens with zero attached hydrogens (tertiary/aromatic N) is 3. The Morgan fingerprint density at radius 3 is 2.74 bits per heavy atom. The van der Waals surface area contributed by atoms with Crippen molar-refractivity contribution >= 4 is 51.3 Å². The van der Waals surface area contributed by atoms with Gasteiger partial charge in [0, 0.05) is 21.5 Å². The Morgan fingerprint density at radius 2 is 2.00 bits per heavy atom. The van der Waals surface area contributed by atoms with Gasteiger partial charge in [-0.1, -0.05) is 36.0 Å². The fourth-order valence-electron chi connectivity index (χ4n) is 2.85. The SMILES string of the molecule is CCOC(=O)c1c(-c2cccs2)csc1NC(=O)CSc1nncn1-c1ccccc1. The average Bonchev–Trinajstić information content (AvgIpc) is 3.53. The van der Waals surface area contributed by atoms with Gasteiger partial charge in [0.2, 0.25) is 5.91 Å². The van der Waals surface area contributed by atoms with E-state index in [-0.39, 0.29) is 18.3 Å². The van der Waals surface area contributed by atoms with Gasteiger partial charge in [-0.25, -0.2) is 4.79 Å². The zero-order chi connectivity index (χ0) is 21.6. The number of rotatable bonds is 8. The number of benzene rings is 1. The monoisotopic (exact) mass is 470 g/mol. The predicted molar refractivity (Wildman–Crippen MR) is 124 cm³/mol. The van der Waals surface area contributed by atoms with Gasteiger partial charge in [0.05, 0.1) is 12.4 Å². The third kappa shape index (κ3) is 4.87. The lowest BCUT2D eigenvalue weighted by atomic mass is 10.1. The van der Waals surface area contributed by atoms with Crippen molar-refractivity contribution in [1.29, 1.82) is 0 Å². The van der Waals surface area contributed by atoms with Crippen LogP contribution in [0.3, 0.4) is 0 Å². The molecular weight excluding hydrogens is 452 g/mol. The van der Waals surface area contributed by atoms with E-state index < -0.39 is 5.97 Å². The van der Waals surface area contributed by atoms with Gasteiger partial charge in [-0.15, -0.1) is 32.9 Å². The van der Waals surface area contributed by atoms with Crippen LogP contribution in [0, 0.1) is 0 Å². The highest BCUT2D eigenvalue weighted by Crippen LogP contribution is 2.38. The lowest BCUT2D eigenvalue weighted by molar-refractivity contribution is -0.113. The summed E-state index contributed by atoms with van der Waals surface area (Å²) in [5.41, 5.74) is 2.07. The number of thioether (sulfide) groups is 1. The molecule has 3 aromatic heterocycles. The number of carbonyl (C=O) groups is 2. The average molecular weight is 471 g/mol. The van der Waals surface area contributed by atoms with E-state index in [1.807, 2.05) is 57.8 Å². The molecular formula is C21H18N4O3S3. The molecule has 0 saturated carbocycles. The first-order valence-corrected chi connectivity index (χ1v) is 12.1. The number of nitrogens with one attached hydrogen (secondary N) is 1. The van der Waals surface area contributed by atoms with Crippen LogP contribution >= 0.6 is 34.4 Å². The molecule has 0 radical (unpaired) electrons. The molecule has 0 aliphatic carbocycles. The van der Waals surface area contributed by atoms with Gasteiger partial charge < -0.3 is 10.1 Å². The molecule has 4 rings (SSSR count). The zero-order valence-corrected chi connectivity index (χ0v) is 18.9. The molecule has 0 fully saturated rings. The number of carbonyl (C=O) groups excluding carboxylic acids is 2. The van der Waals surface area contributed by atoms with Gasteiger partial charge in [0.1, 0.15) is 16.9 Å². The number of esters is 1. The lowest BCUT2D eigenvalue weighted by Gasteiger charge is -2.08. The highest BCUT2D eigenvalue weighted by atomic mass is 32.2. The van der Waals surface area contributed by atoms with Crippen LogP contribution in [-0.2, 0) is 9.53 Å². The van der Waals surface area contributed by atoms with Crippen molar-refractivity contribution in [2.24, 2.45) is 0 Å². The van der Waals surface area contributed by atoms with Crippen molar-refractivity contribution < 1.29 is 14.3 Å². The standard InChI is InChI=1S/C21H18N4O3S3/c1-2-28-20(27)18-15(16-9-6-10-29-16)11-30-19(18)23-17(26)12-31-21-24-22-13-25(21)14-7-4-3-5-8-14/h3-11,13H,2,12H2,1H3,(H,23,26).